The molecule has 3 aromatic heterocycles. The Morgan fingerprint density at radius 2 is 1.93 bits per heavy atom. The van der Waals surface area contributed by atoms with Gasteiger partial charge in [-0.3, -0.25) is 14.2 Å². The zero-order valence-electron chi connectivity index (χ0n) is 16.4. The van der Waals surface area contributed by atoms with Gasteiger partial charge < -0.3 is 4.42 Å². The molecule has 0 aliphatic carbocycles. The first-order valence-electron chi connectivity index (χ1n) is 9.19. The van der Waals surface area contributed by atoms with Crippen molar-refractivity contribution in [1.82, 2.24) is 9.55 Å². The first-order valence-corrected chi connectivity index (χ1v) is 11.0. The highest BCUT2D eigenvalue weighted by atomic mass is 32.2. The van der Waals surface area contributed by atoms with E-state index in [1.54, 1.807) is 16.9 Å². The highest BCUT2D eigenvalue weighted by molar-refractivity contribution is 7.99. The lowest BCUT2D eigenvalue weighted by Crippen LogP contribution is -2.24. The average Bonchev–Trinajstić information content (AvgIpc) is 3.31. The molecule has 4 aromatic rings. The predicted molar refractivity (Wildman–Crippen MR) is 117 cm³/mol. The molecule has 0 spiro atoms. The topological polar surface area (TPSA) is 65.1 Å². The van der Waals surface area contributed by atoms with Gasteiger partial charge in [-0.25, -0.2) is 4.98 Å². The van der Waals surface area contributed by atoms with E-state index in [1.165, 1.54) is 23.1 Å². The Bertz CT molecular complexity index is 1240. The van der Waals surface area contributed by atoms with E-state index in [1.807, 2.05) is 51.1 Å². The quantitative estimate of drug-likeness (QED) is 0.248. The minimum atomic E-state index is -0.0986. The number of nitrogens with zero attached hydrogens (tertiary/aromatic N) is 2. The number of aromatic nitrogens is 2. The zero-order valence-corrected chi connectivity index (χ0v) is 18.0. The molecule has 0 amide bonds. The second-order valence-corrected chi connectivity index (χ2v) is 9.05. The summed E-state index contributed by atoms with van der Waals surface area (Å²) >= 11 is 2.80. The molecule has 7 heteroatoms. The molecule has 0 saturated carbocycles. The van der Waals surface area contributed by atoms with Gasteiger partial charge in [0, 0.05) is 10.4 Å². The molecule has 0 atom stereocenters. The number of hydrogen-bond acceptors (Lipinski definition) is 6. The molecular formula is C22H20N2O3S2. The highest BCUT2D eigenvalue weighted by Gasteiger charge is 2.19. The largest absolute Gasteiger partial charge is 0.467 e. The van der Waals surface area contributed by atoms with Crippen LogP contribution in [0.1, 0.15) is 32.1 Å². The molecule has 0 unspecified atom stereocenters. The van der Waals surface area contributed by atoms with Crippen molar-refractivity contribution < 1.29 is 9.21 Å². The fourth-order valence-electron chi connectivity index (χ4n) is 3.07. The summed E-state index contributed by atoms with van der Waals surface area (Å²) in [5.41, 5.74) is 2.63. The third-order valence-electron chi connectivity index (χ3n) is 4.85. The van der Waals surface area contributed by atoms with Crippen LogP contribution in [0.5, 0.6) is 0 Å². The summed E-state index contributed by atoms with van der Waals surface area (Å²) in [5.74, 6) is 0.889. The maximum Gasteiger partial charge on any atom is 0.263 e. The fraction of sp³-hybridized carbons (Fsp3) is 0.227. The number of carbonyl (C=O) groups excluding carboxylic acids is 1. The van der Waals surface area contributed by atoms with E-state index >= 15 is 0 Å². The predicted octanol–water partition coefficient (Wildman–Crippen LogP) is 5.00. The summed E-state index contributed by atoms with van der Waals surface area (Å²) in [6.45, 7) is 6.21. The van der Waals surface area contributed by atoms with Crippen molar-refractivity contribution in [3.05, 3.63) is 80.3 Å². The molecule has 29 heavy (non-hydrogen) atoms. The number of thioether (sulfide) groups is 1. The van der Waals surface area contributed by atoms with Crippen LogP contribution in [0.2, 0.25) is 0 Å². The Kier molecular flexibility index (Phi) is 5.43. The number of furan rings is 1. The minimum absolute atomic E-state index is 0.00688. The molecule has 0 fully saturated rings. The molecule has 1 aromatic carbocycles. The smallest absolute Gasteiger partial charge is 0.263 e. The van der Waals surface area contributed by atoms with Crippen molar-refractivity contribution in [3.63, 3.8) is 0 Å². The number of thiophene rings is 1. The minimum Gasteiger partial charge on any atom is -0.467 e. The van der Waals surface area contributed by atoms with E-state index in [4.69, 9.17) is 9.40 Å². The Labute approximate surface area is 176 Å². The molecule has 0 bridgehead atoms. The van der Waals surface area contributed by atoms with Gasteiger partial charge in [0.1, 0.15) is 10.6 Å². The van der Waals surface area contributed by atoms with Crippen molar-refractivity contribution >= 4 is 39.1 Å². The normalized spacial score (nSPS) is 11.3. The van der Waals surface area contributed by atoms with E-state index < -0.39 is 0 Å². The van der Waals surface area contributed by atoms with E-state index in [9.17, 15) is 9.59 Å². The van der Waals surface area contributed by atoms with E-state index in [-0.39, 0.29) is 23.6 Å². The van der Waals surface area contributed by atoms with Gasteiger partial charge in [0.2, 0.25) is 0 Å². The molecule has 0 aliphatic heterocycles. The van der Waals surface area contributed by atoms with Gasteiger partial charge in [-0.2, -0.15) is 0 Å². The van der Waals surface area contributed by atoms with Gasteiger partial charge in [-0.05, 0) is 38.5 Å². The van der Waals surface area contributed by atoms with Gasteiger partial charge in [-0.15, -0.1) is 11.3 Å². The van der Waals surface area contributed by atoms with Gasteiger partial charge >= 0.3 is 0 Å². The van der Waals surface area contributed by atoms with Crippen molar-refractivity contribution in [2.75, 3.05) is 5.75 Å². The lowest BCUT2D eigenvalue weighted by atomic mass is 10.1. The molecule has 0 N–H and O–H groups in total. The Morgan fingerprint density at radius 3 is 2.62 bits per heavy atom. The van der Waals surface area contributed by atoms with Crippen LogP contribution < -0.4 is 5.56 Å². The summed E-state index contributed by atoms with van der Waals surface area (Å²) < 4.78 is 7.04. The van der Waals surface area contributed by atoms with Crippen molar-refractivity contribution in [2.24, 2.45) is 0 Å². The standard InChI is InChI=1S/C22H20N2O3S2/c1-13-6-8-16(9-7-13)18(25)12-28-22-23-20-19(14(2)15(3)29-20)21(26)24(22)11-17-5-4-10-27-17/h4-10H,11-12H2,1-3H3. The third-order valence-corrected chi connectivity index (χ3v) is 6.93. The Hall–Kier alpha value is -2.64. The van der Waals surface area contributed by atoms with Gasteiger partial charge in [0.05, 0.1) is 23.9 Å². The SMILES string of the molecule is Cc1ccc(C(=O)CSc2nc3sc(C)c(C)c3c(=O)n2Cc2ccco2)cc1. The van der Waals surface area contributed by atoms with Crippen LogP contribution in [0.3, 0.4) is 0 Å². The van der Waals surface area contributed by atoms with Gasteiger partial charge in [-0.1, -0.05) is 41.6 Å². The van der Waals surface area contributed by atoms with E-state index in [2.05, 4.69) is 0 Å². The van der Waals surface area contributed by atoms with Crippen LogP contribution in [-0.4, -0.2) is 21.1 Å². The highest BCUT2D eigenvalue weighted by Crippen LogP contribution is 2.29. The van der Waals surface area contributed by atoms with Crippen LogP contribution in [0.4, 0.5) is 0 Å². The first kappa shape index (κ1) is 19.7. The maximum atomic E-state index is 13.3. The fourth-order valence-corrected chi connectivity index (χ4v) is 5.03. The van der Waals surface area contributed by atoms with Crippen LogP contribution in [0.25, 0.3) is 10.2 Å². The Morgan fingerprint density at radius 1 is 1.17 bits per heavy atom. The van der Waals surface area contributed by atoms with Gasteiger partial charge in [0.25, 0.3) is 5.56 Å². The molecule has 0 saturated heterocycles. The summed E-state index contributed by atoms with van der Waals surface area (Å²) in [7, 11) is 0. The number of Topliss-reactive ketones (excluding diaryl/α,β-unsaturated/α-hetero) is 1. The summed E-state index contributed by atoms with van der Waals surface area (Å²) in [6, 6.07) is 11.1. The molecule has 0 aliphatic rings. The van der Waals surface area contributed by atoms with Crippen LogP contribution >= 0.6 is 23.1 Å². The number of fused-ring (bicyclic) bond motifs is 1. The summed E-state index contributed by atoms with van der Waals surface area (Å²) in [5, 5.41) is 1.17. The van der Waals surface area contributed by atoms with E-state index in [0.29, 0.717) is 26.7 Å². The molecular weight excluding hydrogens is 404 g/mol. The number of aryl methyl sites for hydroxylation is 3. The van der Waals surface area contributed by atoms with Crippen LogP contribution in [0, 0.1) is 20.8 Å². The lowest BCUT2D eigenvalue weighted by molar-refractivity contribution is 0.102. The van der Waals surface area contributed by atoms with Gasteiger partial charge in [0.15, 0.2) is 10.9 Å². The summed E-state index contributed by atoms with van der Waals surface area (Å²) in [6.07, 6.45) is 1.58. The molecule has 3 heterocycles. The Balaban J connectivity index is 1.70. The zero-order chi connectivity index (χ0) is 20.5. The maximum absolute atomic E-state index is 13.3. The monoisotopic (exact) mass is 424 g/mol. The first-order chi connectivity index (χ1) is 13.9. The number of hydrogen-bond donors (Lipinski definition) is 0. The third kappa shape index (κ3) is 3.93. The van der Waals surface area contributed by atoms with E-state index in [0.717, 1.165) is 16.0 Å². The van der Waals surface area contributed by atoms with Crippen LogP contribution in [0.15, 0.2) is 57.0 Å². The summed E-state index contributed by atoms with van der Waals surface area (Å²) in [4.78, 5) is 32.4. The molecule has 0 radical (unpaired) electrons. The average molecular weight is 425 g/mol. The lowest BCUT2D eigenvalue weighted by Gasteiger charge is -2.11. The second kappa shape index (κ2) is 8.00. The number of benzene rings is 1. The van der Waals surface area contributed by atoms with Crippen molar-refractivity contribution in [3.8, 4) is 0 Å². The molecule has 148 valence electrons. The number of rotatable bonds is 6. The molecule has 4 rings (SSSR count). The molecule has 5 nitrogen and oxygen atoms in total. The number of ketones is 1. The number of carbonyl (C=O) groups is 1. The van der Waals surface area contributed by atoms with Crippen molar-refractivity contribution in [1.29, 1.82) is 0 Å². The second-order valence-electron chi connectivity index (χ2n) is 6.91. The van der Waals surface area contributed by atoms with Crippen molar-refractivity contribution in [2.45, 2.75) is 32.5 Å². The van der Waals surface area contributed by atoms with Crippen LogP contribution in [-0.2, 0) is 6.54 Å².